The van der Waals surface area contributed by atoms with Crippen molar-refractivity contribution < 1.29 is 19.0 Å². The number of hydrogen-bond donors (Lipinski definition) is 1. The van der Waals surface area contributed by atoms with Gasteiger partial charge in [-0.25, -0.2) is 0 Å². The molecule has 10 heteroatoms. The van der Waals surface area contributed by atoms with E-state index >= 15 is 0 Å². The first kappa shape index (κ1) is 22.1. The van der Waals surface area contributed by atoms with Gasteiger partial charge in [0.25, 0.3) is 5.91 Å². The second kappa shape index (κ2) is 8.97. The standard InChI is InChI=1S/C26H24N6O4/c1-31-12-11-16-14-20-23(36-15-35-20)24(34-2)21(16)22(31)25-28-29-30-32(25)19-10-6-7-17(13-19)26(33)27-18-8-4-3-5-9-18/h3-10,13-14,22H,11-12,15H2,1-2H3,(H,27,33)/t22-/m0/s1. The molecule has 1 aromatic heterocycles. The Bertz CT molecular complexity index is 1440. The number of fused-ring (bicyclic) bond motifs is 2. The number of carbonyl (C=O) groups is 1. The Hall–Kier alpha value is -4.44. The van der Waals surface area contributed by atoms with Gasteiger partial charge in [-0.3, -0.25) is 9.69 Å². The van der Waals surface area contributed by atoms with Crippen molar-refractivity contribution in [2.45, 2.75) is 12.5 Å². The van der Waals surface area contributed by atoms with E-state index < -0.39 is 0 Å². The highest BCUT2D eigenvalue weighted by atomic mass is 16.7. The summed E-state index contributed by atoms with van der Waals surface area (Å²) in [6.45, 7) is 0.956. The zero-order chi connectivity index (χ0) is 24.6. The number of carbonyl (C=O) groups excluding carboxylic acids is 1. The number of hydrogen-bond acceptors (Lipinski definition) is 8. The van der Waals surface area contributed by atoms with Crippen molar-refractivity contribution >= 4 is 11.6 Å². The first-order valence-corrected chi connectivity index (χ1v) is 11.6. The van der Waals surface area contributed by atoms with E-state index in [2.05, 4.69) is 25.7 Å². The Balaban J connectivity index is 1.40. The fourth-order valence-electron chi connectivity index (χ4n) is 4.81. The molecular formula is C26H24N6O4. The van der Waals surface area contributed by atoms with Crippen LogP contribution in [0.15, 0.2) is 60.7 Å². The second-order valence-electron chi connectivity index (χ2n) is 8.67. The first-order chi connectivity index (χ1) is 17.6. The molecule has 0 saturated carbocycles. The van der Waals surface area contributed by atoms with E-state index in [0.29, 0.717) is 34.3 Å². The van der Waals surface area contributed by atoms with Gasteiger partial charge in [-0.2, -0.15) is 4.68 Å². The van der Waals surface area contributed by atoms with Crippen molar-refractivity contribution in [2.24, 2.45) is 0 Å². The molecule has 0 saturated heterocycles. The smallest absolute Gasteiger partial charge is 0.255 e. The molecule has 182 valence electrons. The summed E-state index contributed by atoms with van der Waals surface area (Å²) in [4.78, 5) is 15.1. The van der Waals surface area contributed by atoms with Gasteiger partial charge in [-0.1, -0.05) is 24.3 Å². The number of aromatic nitrogens is 4. The molecule has 0 unspecified atom stereocenters. The van der Waals surface area contributed by atoms with Crippen LogP contribution < -0.4 is 19.5 Å². The lowest BCUT2D eigenvalue weighted by Gasteiger charge is -2.34. The summed E-state index contributed by atoms with van der Waals surface area (Å²) in [5.74, 6) is 2.30. The summed E-state index contributed by atoms with van der Waals surface area (Å²) in [6.07, 6.45) is 0.825. The largest absolute Gasteiger partial charge is 0.492 e. The van der Waals surface area contributed by atoms with E-state index in [4.69, 9.17) is 14.2 Å². The van der Waals surface area contributed by atoms with Gasteiger partial charge >= 0.3 is 0 Å². The Labute approximate surface area is 207 Å². The van der Waals surface area contributed by atoms with E-state index in [-0.39, 0.29) is 18.7 Å². The topological polar surface area (TPSA) is 104 Å². The third kappa shape index (κ3) is 3.72. The Morgan fingerprint density at radius 1 is 1.11 bits per heavy atom. The molecule has 2 aliphatic heterocycles. The SMILES string of the molecule is COc1c2c(cc3c1[C@@H](c1nnnn1-c1cccc(C(=O)Nc4ccccc4)c1)N(C)CC3)OCO2. The molecule has 1 amide bonds. The number of tetrazole rings is 1. The van der Waals surface area contributed by atoms with Gasteiger partial charge in [0.2, 0.25) is 12.5 Å². The lowest BCUT2D eigenvalue weighted by atomic mass is 9.90. The highest BCUT2D eigenvalue weighted by molar-refractivity contribution is 6.04. The van der Waals surface area contributed by atoms with E-state index in [1.165, 1.54) is 0 Å². The molecule has 4 aromatic rings. The molecule has 0 spiro atoms. The van der Waals surface area contributed by atoms with Crippen LogP contribution in [0.4, 0.5) is 5.69 Å². The fraction of sp³-hybridized carbons (Fsp3) is 0.231. The van der Waals surface area contributed by atoms with Crippen molar-refractivity contribution in [3.8, 4) is 22.9 Å². The number of amides is 1. The number of benzene rings is 3. The van der Waals surface area contributed by atoms with Gasteiger partial charge in [0, 0.05) is 23.4 Å². The third-order valence-electron chi connectivity index (χ3n) is 6.52. The summed E-state index contributed by atoms with van der Waals surface area (Å²) < 4.78 is 18.8. The second-order valence-corrected chi connectivity index (χ2v) is 8.67. The van der Waals surface area contributed by atoms with Crippen LogP contribution in [0, 0.1) is 0 Å². The fourth-order valence-corrected chi connectivity index (χ4v) is 4.81. The minimum Gasteiger partial charge on any atom is -0.492 e. The zero-order valence-electron chi connectivity index (χ0n) is 19.8. The van der Waals surface area contributed by atoms with Gasteiger partial charge in [0.05, 0.1) is 12.8 Å². The van der Waals surface area contributed by atoms with Gasteiger partial charge < -0.3 is 19.5 Å². The van der Waals surface area contributed by atoms with Gasteiger partial charge in [-0.05, 0) is 65.9 Å². The molecule has 3 aromatic carbocycles. The van der Waals surface area contributed by atoms with Crippen molar-refractivity contribution in [3.63, 3.8) is 0 Å². The number of methoxy groups -OCH3 is 1. The number of likely N-dealkylation sites (N-methyl/N-ethyl adjacent to an activating group) is 1. The van der Waals surface area contributed by atoms with Crippen molar-refractivity contribution in [1.82, 2.24) is 25.1 Å². The van der Waals surface area contributed by atoms with Gasteiger partial charge in [-0.15, -0.1) is 5.10 Å². The number of para-hydroxylation sites is 1. The maximum absolute atomic E-state index is 12.9. The average Bonchev–Trinajstić information content (AvgIpc) is 3.58. The number of nitrogens with zero attached hydrogens (tertiary/aromatic N) is 5. The molecule has 10 nitrogen and oxygen atoms in total. The number of ether oxygens (including phenoxy) is 3. The zero-order valence-corrected chi connectivity index (χ0v) is 19.8. The quantitative estimate of drug-likeness (QED) is 0.461. The molecule has 1 N–H and O–H groups in total. The maximum Gasteiger partial charge on any atom is 0.255 e. The highest BCUT2D eigenvalue weighted by Crippen LogP contribution is 2.50. The molecule has 0 bridgehead atoms. The van der Waals surface area contributed by atoms with Crippen LogP contribution in [0.25, 0.3) is 5.69 Å². The molecular weight excluding hydrogens is 460 g/mol. The lowest BCUT2D eigenvalue weighted by molar-refractivity contribution is 0.102. The summed E-state index contributed by atoms with van der Waals surface area (Å²) in [7, 11) is 3.65. The van der Waals surface area contributed by atoms with Gasteiger partial charge in [0.1, 0.15) is 6.04 Å². The summed E-state index contributed by atoms with van der Waals surface area (Å²) in [5.41, 5.74) is 3.95. The van der Waals surface area contributed by atoms with Crippen LogP contribution in [0.1, 0.15) is 33.4 Å². The van der Waals surface area contributed by atoms with Crippen molar-refractivity contribution in [2.75, 3.05) is 32.8 Å². The van der Waals surface area contributed by atoms with Crippen molar-refractivity contribution in [1.29, 1.82) is 0 Å². The molecule has 36 heavy (non-hydrogen) atoms. The van der Waals surface area contributed by atoms with Crippen LogP contribution in [-0.4, -0.2) is 58.5 Å². The molecule has 3 heterocycles. The molecule has 0 radical (unpaired) electrons. The summed E-state index contributed by atoms with van der Waals surface area (Å²) >= 11 is 0. The predicted molar refractivity (Wildman–Crippen MR) is 131 cm³/mol. The maximum atomic E-state index is 12.9. The molecule has 2 aliphatic rings. The summed E-state index contributed by atoms with van der Waals surface area (Å²) in [6, 6.07) is 18.3. The van der Waals surface area contributed by atoms with Crippen LogP contribution in [-0.2, 0) is 6.42 Å². The Morgan fingerprint density at radius 3 is 2.81 bits per heavy atom. The highest BCUT2D eigenvalue weighted by Gasteiger charge is 2.37. The Kier molecular flexibility index (Phi) is 5.49. The van der Waals surface area contributed by atoms with Crippen molar-refractivity contribution in [3.05, 3.63) is 83.2 Å². The minimum absolute atomic E-state index is 0.157. The lowest BCUT2D eigenvalue weighted by Crippen LogP contribution is -2.35. The van der Waals surface area contributed by atoms with Crippen LogP contribution in [0.3, 0.4) is 0 Å². The van der Waals surface area contributed by atoms with E-state index in [0.717, 1.165) is 29.8 Å². The van der Waals surface area contributed by atoms with Crippen LogP contribution >= 0.6 is 0 Å². The first-order valence-electron chi connectivity index (χ1n) is 11.6. The van der Waals surface area contributed by atoms with E-state index in [9.17, 15) is 4.79 Å². The molecule has 0 fully saturated rings. The normalized spacial score (nSPS) is 16.4. The van der Waals surface area contributed by atoms with E-state index in [1.54, 1.807) is 23.9 Å². The molecule has 1 atom stereocenters. The van der Waals surface area contributed by atoms with Crippen LogP contribution in [0.2, 0.25) is 0 Å². The minimum atomic E-state index is -0.296. The van der Waals surface area contributed by atoms with Crippen LogP contribution in [0.5, 0.6) is 17.2 Å². The molecule has 0 aliphatic carbocycles. The number of rotatable bonds is 5. The van der Waals surface area contributed by atoms with E-state index in [1.807, 2.05) is 55.6 Å². The monoisotopic (exact) mass is 484 g/mol. The number of nitrogens with one attached hydrogen (secondary N) is 1. The summed E-state index contributed by atoms with van der Waals surface area (Å²) in [5, 5.41) is 15.6. The third-order valence-corrected chi connectivity index (χ3v) is 6.52. The molecule has 6 rings (SSSR count). The average molecular weight is 485 g/mol. The van der Waals surface area contributed by atoms with Gasteiger partial charge in [0.15, 0.2) is 17.3 Å². The number of anilines is 1. The Morgan fingerprint density at radius 2 is 1.97 bits per heavy atom. The predicted octanol–water partition coefficient (Wildman–Crippen LogP) is 3.23.